The monoisotopic (exact) mass is 716 g/mol. The molecule has 52 heavy (non-hydrogen) atoms. The van der Waals surface area contributed by atoms with Crippen LogP contribution in [-0.4, -0.2) is 71.7 Å². The lowest BCUT2D eigenvalue weighted by atomic mass is 9.68. The Hall–Kier alpha value is -4.67. The highest BCUT2D eigenvalue weighted by atomic mass is 28.4. The molecule has 8 nitrogen and oxygen atoms in total. The maximum absolute atomic E-state index is 13.5. The van der Waals surface area contributed by atoms with E-state index in [2.05, 4.69) is 50.0 Å². The van der Waals surface area contributed by atoms with Crippen LogP contribution in [0.15, 0.2) is 120 Å². The molecule has 2 heterocycles. The van der Waals surface area contributed by atoms with E-state index in [0.717, 1.165) is 32.8 Å². The Morgan fingerprint density at radius 3 is 2.10 bits per heavy atom. The zero-order valence-corrected chi connectivity index (χ0v) is 31.3. The van der Waals surface area contributed by atoms with Gasteiger partial charge in [0.05, 0.1) is 36.8 Å². The summed E-state index contributed by atoms with van der Waals surface area (Å²) in [5.74, 6) is -2.56. The minimum Gasteiger partial charge on any atom is -0.508 e. The lowest BCUT2D eigenvalue weighted by Gasteiger charge is -2.44. The summed E-state index contributed by atoms with van der Waals surface area (Å²) in [6.45, 7) is 6.35. The van der Waals surface area contributed by atoms with E-state index in [9.17, 15) is 24.9 Å². The van der Waals surface area contributed by atoms with Crippen molar-refractivity contribution in [1.82, 2.24) is 9.88 Å². The second-order valence-corrected chi connectivity index (χ2v) is 19.2. The highest BCUT2D eigenvalue weighted by Crippen LogP contribution is 2.47. The second-order valence-electron chi connectivity index (χ2n) is 14.9. The van der Waals surface area contributed by atoms with Crippen molar-refractivity contribution < 1.29 is 29.3 Å². The standard InChI is InChI=1S/C43H48N2O6Si/c1-43(2,3)52(33-13-7-5-8-14-33,34-15-9-6-10-16-34)51-28-31-26-35-40(42(50)45(4)41(35)49)36(27-46)39(31)38(48)23-20-30(37-17-11-12-24-44-37)25-29-18-21-32(47)22-19-29/h5-19,21-22,24-25,35-36,38,40,46-48H,20,23,26-28H2,1-4H3/b30-25-/t35-,36+,38-,40-/m1/s1. The van der Waals surface area contributed by atoms with Crippen molar-refractivity contribution in [1.29, 1.82) is 0 Å². The van der Waals surface area contributed by atoms with Gasteiger partial charge in [-0.25, -0.2) is 0 Å². The number of aliphatic hydroxyl groups excluding tert-OH is 2. The second kappa shape index (κ2) is 15.5. The summed E-state index contributed by atoms with van der Waals surface area (Å²) >= 11 is 0. The number of amides is 2. The third-order valence-corrected chi connectivity index (χ3v) is 15.7. The van der Waals surface area contributed by atoms with E-state index in [-0.39, 0.29) is 48.7 Å². The first kappa shape index (κ1) is 37.1. The van der Waals surface area contributed by atoms with Gasteiger partial charge in [0.15, 0.2) is 0 Å². The molecule has 9 heteroatoms. The lowest BCUT2D eigenvalue weighted by Crippen LogP contribution is -2.66. The number of fused-ring (bicyclic) bond motifs is 1. The van der Waals surface area contributed by atoms with Crippen molar-refractivity contribution in [2.24, 2.45) is 17.8 Å². The number of phenols is 1. The molecule has 270 valence electrons. The van der Waals surface area contributed by atoms with E-state index >= 15 is 0 Å². The van der Waals surface area contributed by atoms with E-state index in [1.165, 1.54) is 11.9 Å². The van der Waals surface area contributed by atoms with Crippen LogP contribution in [0.25, 0.3) is 11.6 Å². The number of nitrogens with zero attached hydrogens (tertiary/aromatic N) is 2. The number of aliphatic hydroxyl groups is 2. The zero-order valence-electron chi connectivity index (χ0n) is 30.3. The largest absolute Gasteiger partial charge is 0.508 e. The molecule has 2 amide bonds. The van der Waals surface area contributed by atoms with Gasteiger partial charge < -0.3 is 19.7 Å². The summed E-state index contributed by atoms with van der Waals surface area (Å²) in [6.07, 6.45) is 3.66. The molecule has 1 aliphatic carbocycles. The fourth-order valence-electron chi connectivity index (χ4n) is 8.25. The average molecular weight is 717 g/mol. The normalized spacial score (nSPS) is 20.3. The fourth-order valence-corrected chi connectivity index (χ4v) is 12.8. The molecule has 1 saturated heterocycles. The molecule has 1 aliphatic heterocycles. The number of allylic oxidation sites excluding steroid dienone is 1. The molecule has 1 fully saturated rings. The average Bonchev–Trinajstić information content (AvgIpc) is 3.37. The number of aromatic nitrogens is 1. The third kappa shape index (κ3) is 7.19. The molecule has 0 bridgehead atoms. The van der Waals surface area contributed by atoms with Crippen molar-refractivity contribution in [3.8, 4) is 5.75 Å². The number of hydrogen-bond donors (Lipinski definition) is 3. The van der Waals surface area contributed by atoms with E-state index in [4.69, 9.17) is 4.43 Å². The van der Waals surface area contributed by atoms with Crippen LogP contribution in [0.1, 0.15) is 51.3 Å². The summed E-state index contributed by atoms with van der Waals surface area (Å²) in [6, 6.07) is 33.2. The summed E-state index contributed by atoms with van der Waals surface area (Å²) in [7, 11) is -1.51. The summed E-state index contributed by atoms with van der Waals surface area (Å²) < 4.78 is 7.34. The minimum atomic E-state index is -3.01. The Balaban J connectivity index is 1.42. The van der Waals surface area contributed by atoms with Crippen LogP contribution in [0.4, 0.5) is 0 Å². The quantitative estimate of drug-likeness (QED) is 0.0995. The molecule has 6 rings (SSSR count). The van der Waals surface area contributed by atoms with Crippen molar-refractivity contribution in [3.63, 3.8) is 0 Å². The molecule has 4 aromatic rings. The number of phenolic OH excluding ortho intramolecular Hbond substituents is 1. The van der Waals surface area contributed by atoms with Gasteiger partial charge in [0.25, 0.3) is 8.32 Å². The zero-order chi connectivity index (χ0) is 37.0. The fraction of sp³-hybridized carbons (Fsp3) is 0.326. The first-order valence-electron chi connectivity index (χ1n) is 17.9. The number of pyridine rings is 1. The molecular formula is C43H48N2O6Si. The first-order valence-corrected chi connectivity index (χ1v) is 19.8. The van der Waals surface area contributed by atoms with Gasteiger partial charge in [-0.2, -0.15) is 0 Å². The van der Waals surface area contributed by atoms with Crippen molar-refractivity contribution in [2.75, 3.05) is 20.3 Å². The summed E-state index contributed by atoms with van der Waals surface area (Å²) in [4.78, 5) is 32.8. The Kier molecular flexibility index (Phi) is 11.1. The van der Waals surface area contributed by atoms with Gasteiger partial charge in [-0.05, 0) is 87.3 Å². The maximum Gasteiger partial charge on any atom is 0.261 e. The molecular weight excluding hydrogens is 669 g/mol. The smallest absolute Gasteiger partial charge is 0.261 e. The number of rotatable bonds is 12. The Morgan fingerprint density at radius 2 is 1.54 bits per heavy atom. The van der Waals surface area contributed by atoms with Crippen LogP contribution >= 0.6 is 0 Å². The van der Waals surface area contributed by atoms with Crippen LogP contribution in [0.2, 0.25) is 5.04 Å². The van der Waals surface area contributed by atoms with Crippen LogP contribution in [0.5, 0.6) is 5.75 Å². The highest BCUT2D eigenvalue weighted by molar-refractivity contribution is 6.99. The van der Waals surface area contributed by atoms with Gasteiger partial charge in [0.1, 0.15) is 5.75 Å². The molecule has 3 N–H and O–H groups in total. The van der Waals surface area contributed by atoms with Crippen LogP contribution in [0.3, 0.4) is 0 Å². The number of imide groups is 1. The molecule has 0 spiro atoms. The van der Waals surface area contributed by atoms with Gasteiger partial charge in [-0.1, -0.05) is 99.6 Å². The van der Waals surface area contributed by atoms with Gasteiger partial charge in [-0.15, -0.1) is 0 Å². The SMILES string of the molecule is CN1C(=O)[C@@H]2[C@@H](CC(CO[Si](c3ccccc3)(c3ccccc3)C(C)(C)C)=C([C@H](O)CC/C(=C/c3ccc(O)cc3)c3ccccn3)[C@@H]2CO)C1=O. The summed E-state index contributed by atoms with van der Waals surface area (Å²) in [5, 5.41) is 34.9. The first-order chi connectivity index (χ1) is 25.0. The Bertz CT molecular complexity index is 1880. The van der Waals surface area contributed by atoms with Gasteiger partial charge in [0, 0.05) is 19.2 Å². The predicted molar refractivity (Wildman–Crippen MR) is 206 cm³/mol. The molecule has 0 unspecified atom stereocenters. The van der Waals surface area contributed by atoms with Crippen LogP contribution < -0.4 is 10.4 Å². The Labute approximate surface area is 307 Å². The van der Waals surface area contributed by atoms with Gasteiger partial charge >= 0.3 is 0 Å². The molecule has 0 radical (unpaired) electrons. The maximum atomic E-state index is 13.5. The van der Waals surface area contributed by atoms with E-state index in [1.807, 2.05) is 72.8 Å². The minimum absolute atomic E-state index is 0.140. The highest BCUT2D eigenvalue weighted by Gasteiger charge is 2.55. The van der Waals surface area contributed by atoms with E-state index in [0.29, 0.717) is 12.0 Å². The van der Waals surface area contributed by atoms with Gasteiger partial charge in [-0.3, -0.25) is 19.5 Å². The van der Waals surface area contributed by atoms with Crippen molar-refractivity contribution in [2.45, 2.75) is 51.2 Å². The number of hydrogen-bond acceptors (Lipinski definition) is 7. The summed E-state index contributed by atoms with van der Waals surface area (Å²) in [5.41, 5.74) is 3.87. The molecule has 4 atom stereocenters. The third-order valence-electron chi connectivity index (χ3n) is 10.8. The molecule has 1 aromatic heterocycles. The Morgan fingerprint density at radius 1 is 0.923 bits per heavy atom. The van der Waals surface area contributed by atoms with E-state index < -0.39 is 32.2 Å². The predicted octanol–water partition coefficient (Wildman–Crippen LogP) is 5.59. The number of likely N-dealkylation sites (tertiary alicyclic amines) is 1. The number of aromatic hydroxyl groups is 1. The van der Waals surface area contributed by atoms with Crippen LogP contribution in [-0.2, 0) is 14.0 Å². The van der Waals surface area contributed by atoms with Crippen LogP contribution in [0, 0.1) is 17.8 Å². The van der Waals surface area contributed by atoms with E-state index in [1.54, 1.807) is 18.3 Å². The molecule has 3 aromatic carbocycles. The number of carbonyl (C=O) groups is 2. The van der Waals surface area contributed by atoms with Crippen molar-refractivity contribution in [3.05, 3.63) is 132 Å². The van der Waals surface area contributed by atoms with Gasteiger partial charge in [0.2, 0.25) is 11.8 Å². The number of carbonyl (C=O) groups excluding carboxylic acids is 2. The number of benzene rings is 3. The lowest BCUT2D eigenvalue weighted by molar-refractivity contribution is -0.138. The molecule has 2 aliphatic rings. The topological polar surface area (TPSA) is 120 Å². The van der Waals surface area contributed by atoms with Crippen molar-refractivity contribution >= 4 is 42.2 Å². The molecule has 0 saturated carbocycles.